The molecular weight excluding hydrogens is 258 g/mol. The Morgan fingerprint density at radius 2 is 2.11 bits per heavy atom. The Morgan fingerprint density at radius 3 is 2.84 bits per heavy atom. The molecule has 1 aliphatic rings. The largest absolute Gasteiger partial charge is 0.381 e. The maximum Gasteiger partial charge on any atom is 0.171 e. The second-order valence-electron chi connectivity index (χ2n) is 5.07. The normalized spacial score (nSPS) is 18.6. The summed E-state index contributed by atoms with van der Waals surface area (Å²) in [5, 5.41) is 3.16. The van der Waals surface area contributed by atoms with Crippen molar-refractivity contribution in [1.29, 1.82) is 0 Å². The van der Waals surface area contributed by atoms with Crippen LogP contribution in [0.4, 0.5) is 0 Å². The minimum absolute atomic E-state index is 0.186. The van der Waals surface area contributed by atoms with Crippen molar-refractivity contribution in [2.75, 3.05) is 19.8 Å². The number of nitrogens with two attached hydrogens (primary N) is 1. The number of benzene rings is 1. The molecule has 1 aromatic carbocycles. The average Bonchev–Trinajstić information content (AvgIpc) is 2.95. The van der Waals surface area contributed by atoms with Crippen LogP contribution < -0.4 is 5.73 Å². The van der Waals surface area contributed by atoms with E-state index in [1.54, 1.807) is 11.3 Å². The first-order chi connectivity index (χ1) is 9.27. The van der Waals surface area contributed by atoms with E-state index in [0.717, 1.165) is 28.5 Å². The van der Waals surface area contributed by atoms with E-state index in [4.69, 9.17) is 10.5 Å². The van der Waals surface area contributed by atoms with Crippen LogP contribution in [-0.2, 0) is 4.74 Å². The van der Waals surface area contributed by atoms with Crippen molar-refractivity contribution in [2.24, 2.45) is 11.1 Å². The summed E-state index contributed by atoms with van der Waals surface area (Å²) in [5.74, 6) is 0.186. The van der Waals surface area contributed by atoms with Gasteiger partial charge in [-0.05, 0) is 35.7 Å². The molecule has 1 aromatic heterocycles. The molecule has 2 aromatic rings. The Bertz CT molecular complexity index is 599. The molecule has 19 heavy (non-hydrogen) atoms. The lowest BCUT2D eigenvalue weighted by Crippen LogP contribution is -2.43. The Morgan fingerprint density at radius 1 is 1.32 bits per heavy atom. The number of hydrogen-bond donors (Lipinski definition) is 1. The number of carbonyl (C=O) groups excluding carboxylic acids is 1. The van der Waals surface area contributed by atoms with Gasteiger partial charge in [0.2, 0.25) is 0 Å². The average molecular weight is 275 g/mol. The molecule has 0 saturated carbocycles. The number of rotatable bonds is 3. The van der Waals surface area contributed by atoms with Crippen LogP contribution in [0.25, 0.3) is 10.1 Å². The predicted molar refractivity (Wildman–Crippen MR) is 77.7 cm³/mol. The second-order valence-corrected chi connectivity index (χ2v) is 5.99. The SMILES string of the molecule is NCC1(C(=O)c2cccc3ccsc23)CCOCC1. The van der Waals surface area contributed by atoms with Crippen LogP contribution in [0.1, 0.15) is 23.2 Å². The van der Waals surface area contributed by atoms with E-state index in [1.807, 2.05) is 23.6 Å². The fourth-order valence-corrected chi connectivity index (χ4v) is 3.65. The van der Waals surface area contributed by atoms with Crippen LogP contribution in [0, 0.1) is 5.41 Å². The highest BCUT2D eigenvalue weighted by molar-refractivity contribution is 7.17. The van der Waals surface area contributed by atoms with Crippen LogP contribution in [0.5, 0.6) is 0 Å². The lowest BCUT2D eigenvalue weighted by Gasteiger charge is -2.34. The molecule has 2 heterocycles. The first-order valence-electron chi connectivity index (χ1n) is 6.56. The smallest absolute Gasteiger partial charge is 0.171 e. The molecule has 3 rings (SSSR count). The molecule has 3 nitrogen and oxygen atoms in total. The quantitative estimate of drug-likeness (QED) is 0.876. The Balaban J connectivity index is 2.05. The van der Waals surface area contributed by atoms with Crippen molar-refractivity contribution >= 4 is 27.2 Å². The van der Waals surface area contributed by atoms with Crippen molar-refractivity contribution in [1.82, 2.24) is 0 Å². The Labute approximate surface area is 116 Å². The Hall–Kier alpha value is -1.23. The summed E-state index contributed by atoms with van der Waals surface area (Å²) in [4.78, 5) is 12.9. The van der Waals surface area contributed by atoms with Gasteiger partial charge < -0.3 is 10.5 Å². The van der Waals surface area contributed by atoms with Gasteiger partial charge in [-0.15, -0.1) is 11.3 Å². The lowest BCUT2D eigenvalue weighted by atomic mass is 9.74. The van der Waals surface area contributed by atoms with Gasteiger partial charge in [-0.3, -0.25) is 4.79 Å². The molecule has 100 valence electrons. The molecular formula is C15H17NO2S. The van der Waals surface area contributed by atoms with Gasteiger partial charge >= 0.3 is 0 Å². The van der Waals surface area contributed by atoms with Gasteiger partial charge in [0.1, 0.15) is 0 Å². The lowest BCUT2D eigenvalue weighted by molar-refractivity contribution is 0.0201. The zero-order valence-electron chi connectivity index (χ0n) is 10.7. The summed E-state index contributed by atoms with van der Waals surface area (Å²) >= 11 is 1.62. The van der Waals surface area contributed by atoms with Gasteiger partial charge in [0.05, 0.1) is 5.41 Å². The van der Waals surface area contributed by atoms with Crippen LogP contribution in [0.15, 0.2) is 29.6 Å². The van der Waals surface area contributed by atoms with Crippen molar-refractivity contribution in [3.05, 3.63) is 35.2 Å². The number of fused-ring (bicyclic) bond motifs is 1. The van der Waals surface area contributed by atoms with Gasteiger partial charge in [0.15, 0.2) is 5.78 Å². The molecule has 4 heteroatoms. The highest BCUT2D eigenvalue weighted by Gasteiger charge is 2.39. The van der Waals surface area contributed by atoms with E-state index in [0.29, 0.717) is 19.8 Å². The molecule has 2 N–H and O–H groups in total. The number of thiophene rings is 1. The summed E-state index contributed by atoms with van der Waals surface area (Å²) in [7, 11) is 0. The number of Topliss-reactive ketones (excluding diaryl/α,β-unsaturated/α-hetero) is 1. The molecule has 0 aliphatic carbocycles. The third-order valence-electron chi connectivity index (χ3n) is 4.05. The van der Waals surface area contributed by atoms with Crippen LogP contribution in [0.2, 0.25) is 0 Å². The molecule has 1 aliphatic heterocycles. The van der Waals surface area contributed by atoms with E-state index >= 15 is 0 Å². The minimum Gasteiger partial charge on any atom is -0.381 e. The van der Waals surface area contributed by atoms with Crippen LogP contribution in [-0.4, -0.2) is 25.5 Å². The summed E-state index contributed by atoms with van der Waals surface area (Å²) in [6, 6.07) is 7.97. The molecule has 1 saturated heterocycles. The highest BCUT2D eigenvalue weighted by atomic mass is 32.1. The first-order valence-corrected chi connectivity index (χ1v) is 7.44. The summed E-state index contributed by atoms with van der Waals surface area (Å²) in [6.45, 7) is 1.66. The van der Waals surface area contributed by atoms with Gasteiger partial charge in [-0.1, -0.05) is 12.1 Å². The number of hydrogen-bond acceptors (Lipinski definition) is 4. The van der Waals surface area contributed by atoms with Gasteiger partial charge in [-0.2, -0.15) is 0 Å². The molecule has 0 bridgehead atoms. The van der Waals surface area contributed by atoms with Crippen molar-refractivity contribution in [3.63, 3.8) is 0 Å². The predicted octanol–water partition coefficient (Wildman–Crippen LogP) is 2.84. The van der Waals surface area contributed by atoms with E-state index < -0.39 is 5.41 Å². The molecule has 1 fully saturated rings. The number of carbonyl (C=O) groups is 1. The first kappa shape index (κ1) is 12.8. The van der Waals surface area contributed by atoms with E-state index in [9.17, 15) is 4.79 Å². The third kappa shape index (κ3) is 2.10. The zero-order chi connectivity index (χ0) is 13.3. The van der Waals surface area contributed by atoms with Gasteiger partial charge in [-0.25, -0.2) is 0 Å². The summed E-state index contributed by atoms with van der Waals surface area (Å²) in [5.41, 5.74) is 6.31. The fourth-order valence-electron chi connectivity index (χ4n) is 2.74. The third-order valence-corrected chi connectivity index (χ3v) is 5.01. The van der Waals surface area contributed by atoms with Crippen molar-refractivity contribution in [2.45, 2.75) is 12.8 Å². The second kappa shape index (κ2) is 5.04. The number of ketones is 1. The fraction of sp³-hybridized carbons (Fsp3) is 0.400. The molecule has 0 amide bonds. The topological polar surface area (TPSA) is 52.3 Å². The van der Waals surface area contributed by atoms with E-state index in [1.165, 1.54) is 0 Å². The Kier molecular flexibility index (Phi) is 3.39. The maximum absolute atomic E-state index is 12.9. The van der Waals surface area contributed by atoms with Crippen LogP contribution in [0.3, 0.4) is 0 Å². The summed E-state index contributed by atoms with van der Waals surface area (Å²) in [6.07, 6.45) is 1.45. The maximum atomic E-state index is 12.9. The zero-order valence-corrected chi connectivity index (χ0v) is 11.5. The van der Waals surface area contributed by atoms with E-state index in [-0.39, 0.29) is 5.78 Å². The van der Waals surface area contributed by atoms with Crippen LogP contribution >= 0.6 is 11.3 Å². The molecule has 0 unspecified atom stereocenters. The highest BCUT2D eigenvalue weighted by Crippen LogP contribution is 2.36. The van der Waals surface area contributed by atoms with Crippen molar-refractivity contribution in [3.8, 4) is 0 Å². The molecule has 0 spiro atoms. The summed E-state index contributed by atoms with van der Waals surface area (Å²) < 4.78 is 6.46. The minimum atomic E-state index is -0.434. The molecule has 0 atom stereocenters. The van der Waals surface area contributed by atoms with Gasteiger partial charge in [0, 0.05) is 30.0 Å². The van der Waals surface area contributed by atoms with Crippen molar-refractivity contribution < 1.29 is 9.53 Å². The standard InChI is InChI=1S/C15H17NO2S/c16-10-15(5-7-18-8-6-15)14(17)12-3-1-2-11-4-9-19-13(11)12/h1-4,9H,5-8,10,16H2. The monoisotopic (exact) mass is 275 g/mol. The number of ether oxygens (including phenoxy) is 1. The van der Waals surface area contributed by atoms with Gasteiger partial charge in [0.25, 0.3) is 0 Å². The van der Waals surface area contributed by atoms with E-state index in [2.05, 4.69) is 6.07 Å². The molecule has 0 radical (unpaired) electrons.